The summed E-state index contributed by atoms with van der Waals surface area (Å²) in [6.45, 7) is 28.1. The third kappa shape index (κ3) is 6.19. The van der Waals surface area contributed by atoms with Gasteiger partial charge in [-0.05, 0) is 144 Å². The number of benzene rings is 8. The van der Waals surface area contributed by atoms with Crippen molar-refractivity contribution in [1.29, 1.82) is 0 Å². The first-order valence-corrected chi connectivity index (χ1v) is 25.3. The van der Waals surface area contributed by atoms with Gasteiger partial charge < -0.3 is 9.47 Å². The van der Waals surface area contributed by atoms with Crippen LogP contribution in [0.25, 0.3) is 77.0 Å². The van der Waals surface area contributed by atoms with Crippen molar-refractivity contribution < 1.29 is 0 Å². The van der Waals surface area contributed by atoms with Crippen molar-refractivity contribution in [3.05, 3.63) is 174 Å². The summed E-state index contributed by atoms with van der Waals surface area (Å²) in [5.41, 5.74) is 23.5. The van der Waals surface area contributed by atoms with Crippen LogP contribution in [0.15, 0.2) is 152 Å². The SMILES string of the molecule is CC(C)(C)c1ccc(N2c3ccc(C(C)(C)C)cc3B3c4c2cc(-c2ccc5c6ccccc6c6nc7ccccc7n6c5c2)cc4-n2c4ccc(C(C)(C)C)cc4c4cc(C(C)(C)C)cc3c42)cc1. The second kappa shape index (κ2) is 14.3. The van der Waals surface area contributed by atoms with E-state index in [1.54, 1.807) is 0 Å². The van der Waals surface area contributed by atoms with Crippen LogP contribution in [0.5, 0.6) is 0 Å². The largest absolute Gasteiger partial charge is 0.311 e. The molecule has 2 aliphatic heterocycles. The van der Waals surface area contributed by atoms with E-state index < -0.39 is 0 Å². The molecule has 2 aliphatic rings. The smallest absolute Gasteiger partial charge is 0.252 e. The average molecular weight is 909 g/mol. The fourth-order valence-corrected chi connectivity index (χ4v) is 11.9. The number of nitrogens with zero attached hydrogens (tertiary/aromatic N) is 4. The van der Waals surface area contributed by atoms with E-state index in [9.17, 15) is 0 Å². The van der Waals surface area contributed by atoms with Crippen LogP contribution in [0.2, 0.25) is 0 Å². The Kier molecular flexibility index (Phi) is 8.75. The van der Waals surface area contributed by atoms with E-state index in [1.165, 1.54) is 105 Å². The van der Waals surface area contributed by atoms with E-state index in [0.717, 1.165) is 27.6 Å². The number of anilines is 3. The monoisotopic (exact) mass is 908 g/mol. The summed E-state index contributed by atoms with van der Waals surface area (Å²) in [6, 6.07) is 58.6. The van der Waals surface area contributed by atoms with Gasteiger partial charge in [-0.2, -0.15) is 0 Å². The van der Waals surface area contributed by atoms with Crippen LogP contribution in [0, 0.1) is 0 Å². The Morgan fingerprint density at radius 2 is 1.01 bits per heavy atom. The highest BCUT2D eigenvalue weighted by Crippen LogP contribution is 2.46. The van der Waals surface area contributed by atoms with Crippen LogP contribution in [0.4, 0.5) is 17.1 Å². The number of para-hydroxylation sites is 2. The molecule has 13 rings (SSSR count). The second-order valence-corrected chi connectivity index (χ2v) is 24.6. The van der Waals surface area contributed by atoms with Crippen LogP contribution in [-0.2, 0) is 21.7 Å². The lowest BCUT2D eigenvalue weighted by molar-refractivity contribution is 0.590. The minimum absolute atomic E-state index is 0.00428. The number of fused-ring (bicyclic) bond motifs is 15. The van der Waals surface area contributed by atoms with Crippen LogP contribution < -0.4 is 21.3 Å². The van der Waals surface area contributed by atoms with Gasteiger partial charge in [-0.15, -0.1) is 0 Å². The molecule has 3 aromatic heterocycles. The maximum Gasteiger partial charge on any atom is 0.252 e. The van der Waals surface area contributed by atoms with Gasteiger partial charge in [0, 0.05) is 49.8 Å². The Morgan fingerprint density at radius 1 is 0.400 bits per heavy atom. The lowest BCUT2D eigenvalue weighted by Gasteiger charge is -2.41. The number of rotatable bonds is 2. The molecule has 0 aliphatic carbocycles. The van der Waals surface area contributed by atoms with Crippen molar-refractivity contribution in [3.63, 3.8) is 0 Å². The molecule has 0 spiro atoms. The van der Waals surface area contributed by atoms with Crippen molar-refractivity contribution in [2.75, 3.05) is 4.90 Å². The molecule has 0 radical (unpaired) electrons. The van der Waals surface area contributed by atoms with E-state index in [-0.39, 0.29) is 28.4 Å². The molecule has 0 saturated carbocycles. The second-order valence-electron chi connectivity index (χ2n) is 24.6. The molecule has 0 fully saturated rings. The molecule has 0 saturated heterocycles. The van der Waals surface area contributed by atoms with Crippen molar-refractivity contribution >= 4 is 100 Å². The number of pyridine rings is 1. The summed E-state index contributed by atoms with van der Waals surface area (Å²) >= 11 is 0. The van der Waals surface area contributed by atoms with Crippen LogP contribution in [0.3, 0.4) is 0 Å². The van der Waals surface area contributed by atoms with E-state index in [1.807, 2.05) is 0 Å². The zero-order chi connectivity index (χ0) is 48.6. The Bertz CT molecular complexity index is 4040. The topological polar surface area (TPSA) is 25.5 Å². The number of aromatic nitrogens is 3. The summed E-state index contributed by atoms with van der Waals surface area (Å²) < 4.78 is 5.04. The maximum atomic E-state index is 5.27. The molecule has 11 aromatic rings. The van der Waals surface area contributed by atoms with Crippen molar-refractivity contribution in [3.8, 4) is 16.8 Å². The third-order valence-corrected chi connectivity index (χ3v) is 15.9. The molecule has 0 unspecified atom stereocenters. The molecule has 0 N–H and O–H groups in total. The van der Waals surface area contributed by atoms with Gasteiger partial charge in [0.1, 0.15) is 5.65 Å². The van der Waals surface area contributed by atoms with Crippen LogP contribution >= 0.6 is 0 Å². The molecule has 5 heterocycles. The third-order valence-electron chi connectivity index (χ3n) is 15.9. The fraction of sp³-hybridized carbons (Fsp3) is 0.246. The predicted molar refractivity (Wildman–Crippen MR) is 302 cm³/mol. The highest BCUT2D eigenvalue weighted by molar-refractivity contribution is 7.00. The molecular weight excluding hydrogens is 848 g/mol. The minimum atomic E-state index is -0.0628. The van der Waals surface area contributed by atoms with Gasteiger partial charge >= 0.3 is 0 Å². The maximum absolute atomic E-state index is 5.27. The van der Waals surface area contributed by atoms with Gasteiger partial charge in [0.25, 0.3) is 6.71 Å². The van der Waals surface area contributed by atoms with Gasteiger partial charge in [0.15, 0.2) is 0 Å². The molecule has 0 amide bonds. The summed E-state index contributed by atoms with van der Waals surface area (Å²) in [6.07, 6.45) is 0. The van der Waals surface area contributed by atoms with Gasteiger partial charge in [-0.25, -0.2) is 4.98 Å². The molecule has 70 heavy (non-hydrogen) atoms. The first-order valence-electron chi connectivity index (χ1n) is 25.3. The molecule has 8 aromatic carbocycles. The van der Waals surface area contributed by atoms with Crippen LogP contribution in [-0.4, -0.2) is 20.7 Å². The van der Waals surface area contributed by atoms with Crippen molar-refractivity contribution in [1.82, 2.24) is 14.0 Å². The summed E-state index contributed by atoms with van der Waals surface area (Å²) in [7, 11) is 0. The zero-order valence-electron chi connectivity index (χ0n) is 42.8. The number of hydrogen-bond donors (Lipinski definition) is 0. The van der Waals surface area contributed by atoms with E-state index >= 15 is 0 Å². The fourth-order valence-electron chi connectivity index (χ4n) is 11.9. The normalized spacial score (nSPS) is 13.9. The molecule has 4 nitrogen and oxygen atoms in total. The van der Waals surface area contributed by atoms with Crippen LogP contribution in [0.1, 0.15) is 105 Å². The highest BCUT2D eigenvalue weighted by Gasteiger charge is 2.44. The number of hydrogen-bond acceptors (Lipinski definition) is 2. The minimum Gasteiger partial charge on any atom is -0.311 e. The standard InChI is InChI=1S/C65H61BN4/c1-62(2,3)40-22-26-44(27-23-40)68-54-30-25-42(64(7,8)9)36-50(54)66-51-37-43(65(10,11)12)35-49-48-34-41(63(4,5)6)24-29-53(48)69(60(49)51)58-33-39(32-57(68)59(58)66)38-21-28-46-45-17-13-14-18-47(45)61-67-52-19-15-16-20-55(52)70(61)56(46)31-38/h13-37H,1-12H3. The van der Waals surface area contributed by atoms with E-state index in [4.69, 9.17) is 4.98 Å². The van der Waals surface area contributed by atoms with Gasteiger partial charge in [-0.3, -0.25) is 4.40 Å². The first-order chi connectivity index (χ1) is 33.2. The molecular formula is C65H61BN4. The zero-order valence-corrected chi connectivity index (χ0v) is 42.8. The summed E-state index contributed by atoms with van der Waals surface area (Å²) in [5, 5.41) is 6.25. The molecule has 344 valence electrons. The Balaban J connectivity index is 1.19. The molecule has 5 heteroatoms. The molecule has 0 bridgehead atoms. The highest BCUT2D eigenvalue weighted by atomic mass is 15.2. The van der Waals surface area contributed by atoms with Crippen molar-refractivity contribution in [2.45, 2.75) is 105 Å². The van der Waals surface area contributed by atoms with Gasteiger partial charge in [0.2, 0.25) is 0 Å². The summed E-state index contributed by atoms with van der Waals surface area (Å²) in [5.74, 6) is 0. The Morgan fingerprint density at radius 3 is 1.74 bits per heavy atom. The predicted octanol–water partition coefficient (Wildman–Crippen LogP) is 15.4. The average Bonchev–Trinajstić information content (AvgIpc) is 3.88. The van der Waals surface area contributed by atoms with Gasteiger partial charge in [-0.1, -0.05) is 168 Å². The quantitative estimate of drug-likeness (QED) is 0.128. The lowest BCUT2D eigenvalue weighted by Crippen LogP contribution is -2.60. The first kappa shape index (κ1) is 43.0. The molecule has 0 atom stereocenters. The summed E-state index contributed by atoms with van der Waals surface area (Å²) in [4.78, 5) is 7.85. The van der Waals surface area contributed by atoms with Crippen molar-refractivity contribution in [2.24, 2.45) is 0 Å². The van der Waals surface area contributed by atoms with E-state index in [2.05, 4.69) is 249 Å². The number of imidazole rings is 1. The Labute approximate surface area is 412 Å². The Hall–Kier alpha value is -7.11. The van der Waals surface area contributed by atoms with Gasteiger partial charge in [0.05, 0.1) is 22.1 Å². The lowest BCUT2D eigenvalue weighted by atomic mass is 9.33. The van der Waals surface area contributed by atoms with E-state index in [0.29, 0.717) is 0 Å².